The molecule has 0 saturated carbocycles. The zero-order valence-electron chi connectivity index (χ0n) is 9.29. The topological polar surface area (TPSA) is 40.5 Å². The molecule has 0 unspecified atom stereocenters. The average molecular weight is 218 g/mol. The number of allylic oxidation sites excluding steroid dienone is 1. The molecule has 0 aromatic heterocycles. The minimum absolute atomic E-state index is 0.0870. The minimum Gasteiger partial charge on any atom is -0.396 e. The van der Waals surface area contributed by atoms with Crippen molar-refractivity contribution < 1.29 is 10.2 Å². The van der Waals surface area contributed by atoms with E-state index in [0.29, 0.717) is 6.42 Å². The van der Waals surface area contributed by atoms with E-state index >= 15 is 0 Å². The van der Waals surface area contributed by atoms with Crippen LogP contribution in [0.2, 0.25) is 0 Å². The molecule has 0 spiro atoms. The predicted molar refractivity (Wildman–Crippen MR) is 64.1 cm³/mol. The Hall–Kier alpha value is -1.12. The van der Waals surface area contributed by atoms with E-state index in [1.165, 1.54) is 5.56 Å². The van der Waals surface area contributed by atoms with Gasteiger partial charge in [0.15, 0.2) is 0 Å². The first-order valence-electron chi connectivity index (χ1n) is 5.83. The molecule has 1 aliphatic carbocycles. The normalized spacial score (nSPS) is 29.2. The van der Waals surface area contributed by atoms with Crippen molar-refractivity contribution in [3.63, 3.8) is 0 Å². The maximum Gasteiger partial charge on any atom is 0.0675 e. The molecule has 2 N–H and O–H groups in total. The lowest BCUT2D eigenvalue weighted by Crippen LogP contribution is -2.29. The lowest BCUT2D eigenvalue weighted by atomic mass is 9.78. The number of hydrogen-bond donors (Lipinski definition) is 2. The van der Waals surface area contributed by atoms with Crippen LogP contribution in [0.5, 0.6) is 0 Å². The van der Waals surface area contributed by atoms with Crippen molar-refractivity contribution in [1.29, 1.82) is 0 Å². The molecule has 0 radical (unpaired) electrons. The molecule has 1 aliphatic rings. The smallest absolute Gasteiger partial charge is 0.0675 e. The molecule has 86 valence electrons. The summed E-state index contributed by atoms with van der Waals surface area (Å²) in [5, 5.41) is 19.2. The fourth-order valence-corrected chi connectivity index (χ4v) is 2.40. The molecule has 0 amide bonds. The zero-order valence-corrected chi connectivity index (χ0v) is 9.29. The Labute approximate surface area is 96.2 Å². The SMILES string of the molecule is OCC[C@@H]1C=CC[C@H](c2ccccc2)[C@H]1O. The van der Waals surface area contributed by atoms with Gasteiger partial charge in [0.2, 0.25) is 0 Å². The van der Waals surface area contributed by atoms with Gasteiger partial charge in [0, 0.05) is 18.4 Å². The van der Waals surface area contributed by atoms with Crippen LogP contribution in [0.1, 0.15) is 24.3 Å². The van der Waals surface area contributed by atoms with Gasteiger partial charge in [-0.3, -0.25) is 0 Å². The molecule has 3 atom stereocenters. The van der Waals surface area contributed by atoms with E-state index < -0.39 is 0 Å². The Balaban J connectivity index is 2.15. The second kappa shape index (κ2) is 5.28. The maximum absolute atomic E-state index is 10.3. The molecule has 1 aromatic rings. The fourth-order valence-electron chi connectivity index (χ4n) is 2.40. The van der Waals surface area contributed by atoms with Crippen molar-refractivity contribution in [2.75, 3.05) is 6.61 Å². The Kier molecular flexibility index (Phi) is 3.75. The number of aliphatic hydroxyl groups excluding tert-OH is 2. The van der Waals surface area contributed by atoms with Crippen LogP contribution in [0, 0.1) is 5.92 Å². The van der Waals surface area contributed by atoms with E-state index in [1.807, 2.05) is 24.3 Å². The van der Waals surface area contributed by atoms with Gasteiger partial charge in [0.1, 0.15) is 0 Å². The summed E-state index contributed by atoms with van der Waals surface area (Å²) >= 11 is 0. The highest BCUT2D eigenvalue weighted by Gasteiger charge is 2.28. The third kappa shape index (κ3) is 2.34. The third-order valence-electron chi connectivity index (χ3n) is 3.31. The first-order chi connectivity index (χ1) is 7.83. The van der Waals surface area contributed by atoms with E-state index in [0.717, 1.165) is 6.42 Å². The van der Waals surface area contributed by atoms with Gasteiger partial charge in [-0.25, -0.2) is 0 Å². The minimum atomic E-state index is -0.375. The summed E-state index contributed by atoms with van der Waals surface area (Å²) in [6.45, 7) is 0.133. The second-order valence-corrected chi connectivity index (χ2v) is 4.35. The Bertz CT molecular complexity index is 345. The van der Waals surface area contributed by atoms with Crippen molar-refractivity contribution in [3.05, 3.63) is 48.0 Å². The van der Waals surface area contributed by atoms with Crippen molar-refractivity contribution >= 4 is 0 Å². The lowest BCUT2D eigenvalue weighted by Gasteiger charge is -2.31. The molecule has 0 fully saturated rings. The first-order valence-corrected chi connectivity index (χ1v) is 5.83. The van der Waals surface area contributed by atoms with E-state index in [-0.39, 0.29) is 24.5 Å². The van der Waals surface area contributed by atoms with Crippen molar-refractivity contribution in [2.24, 2.45) is 5.92 Å². The number of aliphatic hydroxyl groups is 2. The Morgan fingerprint density at radius 2 is 1.94 bits per heavy atom. The fraction of sp³-hybridized carbons (Fsp3) is 0.429. The van der Waals surface area contributed by atoms with Gasteiger partial charge in [0.05, 0.1) is 6.10 Å². The average Bonchev–Trinajstić information content (AvgIpc) is 2.33. The van der Waals surface area contributed by atoms with Crippen LogP contribution in [0.15, 0.2) is 42.5 Å². The summed E-state index contributed by atoms with van der Waals surface area (Å²) in [5.41, 5.74) is 1.18. The van der Waals surface area contributed by atoms with Gasteiger partial charge >= 0.3 is 0 Å². The summed E-state index contributed by atoms with van der Waals surface area (Å²) in [5.74, 6) is 0.256. The first kappa shape index (κ1) is 11.4. The Morgan fingerprint density at radius 3 is 2.62 bits per heavy atom. The Morgan fingerprint density at radius 1 is 1.19 bits per heavy atom. The molecule has 1 aromatic carbocycles. The number of benzene rings is 1. The predicted octanol–water partition coefficient (Wildman–Crippen LogP) is 2.09. The molecule has 0 bridgehead atoms. The molecule has 2 heteroatoms. The zero-order chi connectivity index (χ0) is 11.4. The highest BCUT2D eigenvalue weighted by Crippen LogP contribution is 2.33. The molecule has 2 nitrogen and oxygen atoms in total. The largest absolute Gasteiger partial charge is 0.396 e. The number of hydrogen-bond acceptors (Lipinski definition) is 2. The van der Waals surface area contributed by atoms with Gasteiger partial charge in [-0.05, 0) is 18.4 Å². The lowest BCUT2D eigenvalue weighted by molar-refractivity contribution is 0.0812. The van der Waals surface area contributed by atoms with E-state index in [4.69, 9.17) is 5.11 Å². The summed E-state index contributed by atoms with van der Waals surface area (Å²) in [7, 11) is 0. The van der Waals surface area contributed by atoms with Crippen molar-refractivity contribution in [1.82, 2.24) is 0 Å². The number of rotatable bonds is 3. The molecular weight excluding hydrogens is 200 g/mol. The van der Waals surface area contributed by atoms with Crippen LogP contribution in [0.3, 0.4) is 0 Å². The van der Waals surface area contributed by atoms with E-state index in [1.54, 1.807) is 0 Å². The van der Waals surface area contributed by atoms with E-state index in [2.05, 4.69) is 18.2 Å². The van der Waals surface area contributed by atoms with Gasteiger partial charge in [0.25, 0.3) is 0 Å². The van der Waals surface area contributed by atoms with Gasteiger partial charge in [-0.1, -0.05) is 42.5 Å². The van der Waals surface area contributed by atoms with Crippen molar-refractivity contribution in [3.8, 4) is 0 Å². The molecular formula is C14H18O2. The summed E-state index contributed by atoms with van der Waals surface area (Å²) in [4.78, 5) is 0. The molecule has 2 rings (SSSR count). The molecule has 0 aliphatic heterocycles. The van der Waals surface area contributed by atoms with Gasteiger partial charge in [-0.15, -0.1) is 0 Å². The quantitative estimate of drug-likeness (QED) is 0.763. The molecule has 16 heavy (non-hydrogen) atoms. The van der Waals surface area contributed by atoms with Crippen LogP contribution >= 0.6 is 0 Å². The second-order valence-electron chi connectivity index (χ2n) is 4.35. The van der Waals surface area contributed by atoms with Crippen LogP contribution in [-0.2, 0) is 0 Å². The van der Waals surface area contributed by atoms with Gasteiger partial charge < -0.3 is 10.2 Å². The summed E-state index contributed by atoms with van der Waals surface area (Å²) < 4.78 is 0. The van der Waals surface area contributed by atoms with Gasteiger partial charge in [-0.2, -0.15) is 0 Å². The molecule has 0 saturated heterocycles. The standard InChI is InChI=1S/C14H18O2/c15-10-9-12-7-4-8-13(14(12)16)11-5-2-1-3-6-11/h1-7,12-16H,8-10H2/t12-,13+,14-/m0/s1. The molecule has 0 heterocycles. The summed E-state index contributed by atoms with van der Waals surface area (Å²) in [6.07, 6.45) is 5.29. The maximum atomic E-state index is 10.3. The van der Waals surface area contributed by atoms with Crippen molar-refractivity contribution in [2.45, 2.75) is 24.9 Å². The highest BCUT2D eigenvalue weighted by molar-refractivity contribution is 5.24. The van der Waals surface area contributed by atoms with Crippen LogP contribution in [0.25, 0.3) is 0 Å². The van der Waals surface area contributed by atoms with Crippen LogP contribution in [-0.4, -0.2) is 22.9 Å². The van der Waals surface area contributed by atoms with E-state index in [9.17, 15) is 5.11 Å². The van der Waals surface area contributed by atoms with Crippen LogP contribution in [0.4, 0.5) is 0 Å². The highest BCUT2D eigenvalue weighted by atomic mass is 16.3. The van der Waals surface area contributed by atoms with Crippen LogP contribution < -0.4 is 0 Å². The third-order valence-corrected chi connectivity index (χ3v) is 3.31. The summed E-state index contributed by atoms with van der Waals surface area (Å²) in [6, 6.07) is 10.1. The monoisotopic (exact) mass is 218 g/mol.